The molecule has 0 amide bonds. The Hall–Kier alpha value is -2.36. The van der Waals surface area contributed by atoms with Gasteiger partial charge < -0.3 is 18.9 Å². The maximum Gasteiger partial charge on any atom is 0.122 e. The summed E-state index contributed by atoms with van der Waals surface area (Å²) in [5.41, 5.74) is 2.62. The highest BCUT2D eigenvalue weighted by Gasteiger charge is 2.03. The molecule has 2 aromatic carbocycles. The molecule has 2 aromatic rings. The van der Waals surface area contributed by atoms with Crippen LogP contribution in [0.3, 0.4) is 0 Å². The van der Waals surface area contributed by atoms with Crippen molar-refractivity contribution in [3.05, 3.63) is 47.5 Å². The summed E-state index contributed by atoms with van der Waals surface area (Å²) in [5, 5.41) is 0. The number of hydrogen-bond acceptors (Lipinski definition) is 4. The molecule has 0 heterocycles. The van der Waals surface area contributed by atoms with Crippen molar-refractivity contribution in [2.45, 2.75) is 103 Å². The van der Waals surface area contributed by atoms with E-state index < -0.39 is 0 Å². The van der Waals surface area contributed by atoms with Crippen molar-refractivity contribution in [1.82, 2.24) is 0 Å². The minimum absolute atomic E-state index is 0.884. The van der Waals surface area contributed by atoms with Gasteiger partial charge in [0.15, 0.2) is 0 Å². The number of rotatable bonds is 21. The zero-order valence-electron chi connectivity index (χ0n) is 23.4. The molecule has 0 unspecified atom stereocenters. The highest BCUT2D eigenvalue weighted by Crippen LogP contribution is 2.25. The first kappa shape index (κ1) is 29.9. The van der Waals surface area contributed by atoms with Gasteiger partial charge in [-0.3, -0.25) is 0 Å². The van der Waals surface area contributed by atoms with Crippen molar-refractivity contribution < 1.29 is 18.9 Å². The lowest BCUT2D eigenvalue weighted by molar-refractivity contribution is 0.393. The van der Waals surface area contributed by atoms with E-state index in [4.69, 9.17) is 18.9 Å². The monoisotopic (exact) mass is 498 g/mol. The molecule has 0 bridgehead atoms. The van der Waals surface area contributed by atoms with Gasteiger partial charge in [-0.25, -0.2) is 0 Å². The van der Waals surface area contributed by atoms with Crippen LogP contribution in [-0.4, -0.2) is 28.4 Å². The summed E-state index contributed by atoms with van der Waals surface area (Å²) in [6.45, 7) is 0. The van der Waals surface area contributed by atoms with Crippen LogP contribution in [0.5, 0.6) is 23.0 Å². The number of aryl methyl sites for hydroxylation is 2. The van der Waals surface area contributed by atoms with Crippen molar-refractivity contribution in [1.29, 1.82) is 0 Å². The molecule has 2 rings (SSSR count). The molecule has 0 aliphatic rings. The van der Waals surface area contributed by atoms with Crippen LogP contribution in [-0.2, 0) is 12.8 Å². The maximum absolute atomic E-state index is 5.37. The third-order valence-electron chi connectivity index (χ3n) is 7.00. The normalized spacial score (nSPS) is 10.9. The Morgan fingerprint density at radius 2 is 0.556 bits per heavy atom. The van der Waals surface area contributed by atoms with Crippen molar-refractivity contribution in [3.8, 4) is 23.0 Å². The van der Waals surface area contributed by atoms with E-state index in [9.17, 15) is 0 Å². The second-order valence-electron chi connectivity index (χ2n) is 9.89. The second-order valence-corrected chi connectivity index (χ2v) is 9.89. The van der Waals surface area contributed by atoms with Gasteiger partial charge in [0.2, 0.25) is 0 Å². The average Bonchev–Trinajstić information content (AvgIpc) is 2.92. The van der Waals surface area contributed by atoms with Gasteiger partial charge in [0.05, 0.1) is 28.4 Å². The fraction of sp³-hybridized carbons (Fsp3) is 0.625. The van der Waals surface area contributed by atoms with Gasteiger partial charge in [-0.1, -0.05) is 77.0 Å². The van der Waals surface area contributed by atoms with Crippen molar-refractivity contribution in [2.75, 3.05) is 28.4 Å². The first-order valence-corrected chi connectivity index (χ1v) is 14.1. The van der Waals surface area contributed by atoms with E-state index in [-0.39, 0.29) is 0 Å². The van der Waals surface area contributed by atoms with E-state index in [0.29, 0.717) is 0 Å². The third kappa shape index (κ3) is 12.6. The molecule has 36 heavy (non-hydrogen) atoms. The van der Waals surface area contributed by atoms with Crippen molar-refractivity contribution in [3.63, 3.8) is 0 Å². The Kier molecular flexibility index (Phi) is 15.6. The molecule has 0 aliphatic heterocycles. The Balaban J connectivity index is 1.37. The van der Waals surface area contributed by atoms with Crippen LogP contribution in [0.2, 0.25) is 0 Å². The van der Waals surface area contributed by atoms with Crippen LogP contribution in [0.15, 0.2) is 36.4 Å². The first-order valence-electron chi connectivity index (χ1n) is 14.1. The Morgan fingerprint density at radius 1 is 0.333 bits per heavy atom. The van der Waals surface area contributed by atoms with Gasteiger partial charge >= 0.3 is 0 Å². The molecular weight excluding hydrogens is 448 g/mol. The molecule has 0 saturated heterocycles. The average molecular weight is 499 g/mol. The second kappa shape index (κ2) is 18.8. The molecule has 0 aliphatic carbocycles. The molecule has 202 valence electrons. The van der Waals surface area contributed by atoms with Crippen LogP contribution in [0.1, 0.15) is 101 Å². The molecular formula is C32H50O4. The number of ether oxygens (including phenoxy) is 4. The van der Waals surface area contributed by atoms with Crippen LogP contribution >= 0.6 is 0 Å². The summed E-state index contributed by atoms with van der Waals surface area (Å²) in [5.74, 6) is 3.54. The standard InChI is InChI=1S/C32H50O4/c1-33-29-21-27(22-30(25-29)34-2)19-17-15-13-11-9-7-5-6-8-10-12-14-16-18-20-28-23-31(35-3)26-32(24-28)36-4/h21-26H,5-20H2,1-4H3. The van der Waals surface area contributed by atoms with E-state index in [1.165, 1.54) is 101 Å². The highest BCUT2D eigenvalue weighted by atomic mass is 16.5. The fourth-order valence-corrected chi connectivity index (χ4v) is 4.80. The Bertz CT molecular complexity index is 719. The smallest absolute Gasteiger partial charge is 0.122 e. The molecule has 0 atom stereocenters. The topological polar surface area (TPSA) is 36.9 Å². The number of hydrogen-bond donors (Lipinski definition) is 0. The summed E-state index contributed by atoms with van der Waals surface area (Å²) in [6, 6.07) is 12.4. The van der Waals surface area contributed by atoms with Gasteiger partial charge in [-0.15, -0.1) is 0 Å². The molecule has 0 spiro atoms. The van der Waals surface area contributed by atoms with Gasteiger partial charge in [0.25, 0.3) is 0 Å². The summed E-state index contributed by atoms with van der Waals surface area (Å²) < 4.78 is 21.5. The predicted molar refractivity (Wildman–Crippen MR) is 151 cm³/mol. The number of methoxy groups -OCH3 is 4. The number of benzene rings is 2. The lowest BCUT2D eigenvalue weighted by Crippen LogP contribution is -1.92. The minimum Gasteiger partial charge on any atom is -0.497 e. The molecule has 4 heteroatoms. The molecule has 0 aromatic heterocycles. The van der Waals surface area contributed by atoms with Crippen LogP contribution in [0, 0.1) is 0 Å². The van der Waals surface area contributed by atoms with E-state index >= 15 is 0 Å². The lowest BCUT2D eigenvalue weighted by atomic mass is 10.0. The van der Waals surface area contributed by atoms with Crippen LogP contribution < -0.4 is 18.9 Å². The zero-order chi connectivity index (χ0) is 25.8. The lowest BCUT2D eigenvalue weighted by Gasteiger charge is -2.08. The van der Waals surface area contributed by atoms with Crippen molar-refractivity contribution in [2.24, 2.45) is 0 Å². The van der Waals surface area contributed by atoms with E-state index in [0.717, 1.165) is 35.8 Å². The Morgan fingerprint density at radius 3 is 0.778 bits per heavy atom. The largest absolute Gasteiger partial charge is 0.497 e. The summed E-state index contributed by atoms with van der Waals surface area (Å²) >= 11 is 0. The summed E-state index contributed by atoms with van der Waals surface area (Å²) in [4.78, 5) is 0. The third-order valence-corrected chi connectivity index (χ3v) is 7.00. The fourth-order valence-electron chi connectivity index (χ4n) is 4.80. The highest BCUT2D eigenvalue weighted by molar-refractivity contribution is 5.39. The molecule has 0 fully saturated rings. The zero-order valence-corrected chi connectivity index (χ0v) is 23.4. The van der Waals surface area contributed by atoms with Crippen molar-refractivity contribution >= 4 is 0 Å². The number of unbranched alkanes of at least 4 members (excludes halogenated alkanes) is 13. The predicted octanol–water partition coefficient (Wildman–Crippen LogP) is 8.97. The maximum atomic E-state index is 5.37. The van der Waals surface area contributed by atoms with E-state index in [1.54, 1.807) is 28.4 Å². The van der Waals surface area contributed by atoms with Gasteiger partial charge in [0, 0.05) is 12.1 Å². The van der Waals surface area contributed by atoms with Crippen LogP contribution in [0.25, 0.3) is 0 Å². The first-order chi connectivity index (χ1) is 17.7. The molecule has 4 nitrogen and oxygen atoms in total. The van der Waals surface area contributed by atoms with Gasteiger partial charge in [0.1, 0.15) is 23.0 Å². The SMILES string of the molecule is COc1cc(CCCCCCCCCCCCCCCCc2cc(OC)cc(OC)c2)cc(OC)c1. The van der Waals surface area contributed by atoms with Gasteiger partial charge in [-0.05, 0) is 61.1 Å². The van der Waals surface area contributed by atoms with Gasteiger partial charge in [-0.2, -0.15) is 0 Å². The minimum atomic E-state index is 0.884. The van der Waals surface area contributed by atoms with Crippen LogP contribution in [0.4, 0.5) is 0 Å². The molecule has 0 saturated carbocycles. The Labute approximate surface area is 220 Å². The quantitative estimate of drug-likeness (QED) is 0.161. The molecule has 0 N–H and O–H groups in total. The van der Waals surface area contributed by atoms with E-state index in [1.807, 2.05) is 12.1 Å². The molecule has 0 radical (unpaired) electrons. The summed E-state index contributed by atoms with van der Waals surface area (Å²) in [7, 11) is 6.85. The summed E-state index contributed by atoms with van der Waals surface area (Å²) in [6.07, 6.45) is 21.1. The van der Waals surface area contributed by atoms with E-state index in [2.05, 4.69) is 24.3 Å².